The lowest BCUT2D eigenvalue weighted by Gasteiger charge is -2.31. The summed E-state index contributed by atoms with van der Waals surface area (Å²) >= 11 is 0. The molecule has 0 saturated carbocycles. The van der Waals surface area contributed by atoms with Crippen molar-refractivity contribution in [3.05, 3.63) is 35.4 Å². The minimum atomic E-state index is -4.35. The first-order chi connectivity index (χ1) is 9.07. The topological polar surface area (TPSA) is 32.3 Å². The van der Waals surface area contributed by atoms with Gasteiger partial charge in [-0.15, -0.1) is 0 Å². The van der Waals surface area contributed by atoms with Crippen molar-refractivity contribution in [2.45, 2.75) is 58.0 Å². The predicted octanol–water partition coefficient (Wildman–Crippen LogP) is 3.91. The monoisotopic (exact) mass is 289 g/mol. The van der Waals surface area contributed by atoms with E-state index in [0.717, 1.165) is 18.6 Å². The van der Waals surface area contributed by atoms with Gasteiger partial charge in [-0.05, 0) is 44.9 Å². The quantitative estimate of drug-likeness (QED) is 0.861. The van der Waals surface area contributed by atoms with E-state index in [9.17, 15) is 18.3 Å². The van der Waals surface area contributed by atoms with Crippen LogP contribution in [0.4, 0.5) is 13.2 Å². The summed E-state index contributed by atoms with van der Waals surface area (Å²) in [5, 5.41) is 13.5. The van der Waals surface area contributed by atoms with Crippen LogP contribution in [0.5, 0.6) is 0 Å². The Morgan fingerprint density at radius 3 is 2.05 bits per heavy atom. The molecule has 0 aliphatic rings. The number of nitrogens with one attached hydrogen (secondary N) is 1. The van der Waals surface area contributed by atoms with E-state index < -0.39 is 17.8 Å². The minimum Gasteiger partial charge on any atom is -0.387 e. The molecule has 0 heterocycles. The van der Waals surface area contributed by atoms with E-state index in [-0.39, 0.29) is 11.6 Å². The van der Waals surface area contributed by atoms with Crippen molar-refractivity contribution in [3.63, 3.8) is 0 Å². The third kappa shape index (κ3) is 4.49. The van der Waals surface area contributed by atoms with Gasteiger partial charge >= 0.3 is 6.18 Å². The third-order valence-electron chi connectivity index (χ3n) is 3.56. The molecule has 2 atom stereocenters. The Morgan fingerprint density at radius 2 is 1.65 bits per heavy atom. The molecular formula is C15H22F3NO. The van der Waals surface area contributed by atoms with Crippen LogP contribution in [0.15, 0.2) is 24.3 Å². The van der Waals surface area contributed by atoms with Crippen molar-refractivity contribution in [1.82, 2.24) is 5.32 Å². The number of halogens is 3. The van der Waals surface area contributed by atoms with Gasteiger partial charge < -0.3 is 10.4 Å². The molecule has 0 aromatic heterocycles. The molecule has 2 N–H and O–H groups in total. The van der Waals surface area contributed by atoms with Gasteiger partial charge in [0.2, 0.25) is 0 Å². The van der Waals surface area contributed by atoms with Gasteiger partial charge in [-0.1, -0.05) is 19.1 Å². The first kappa shape index (κ1) is 17.0. The Labute approximate surface area is 118 Å². The van der Waals surface area contributed by atoms with Crippen molar-refractivity contribution in [3.8, 4) is 0 Å². The van der Waals surface area contributed by atoms with Gasteiger partial charge in [0.15, 0.2) is 0 Å². The standard InChI is InChI=1S/C15H22F3NO/c1-5-14(3,4)19-10(2)13(20)11-6-8-12(9-7-11)15(16,17)18/h6-10,13,19-20H,5H2,1-4H3/t10-,13+/m0/s1. The number of hydrogen-bond donors (Lipinski definition) is 2. The number of alkyl halides is 3. The number of rotatable bonds is 5. The van der Waals surface area contributed by atoms with E-state index in [1.54, 1.807) is 0 Å². The minimum absolute atomic E-state index is 0.133. The highest BCUT2D eigenvalue weighted by Gasteiger charge is 2.30. The normalized spacial score (nSPS) is 16.0. The number of aliphatic hydroxyl groups excluding tert-OH is 1. The van der Waals surface area contributed by atoms with Crippen molar-refractivity contribution >= 4 is 0 Å². The highest BCUT2D eigenvalue weighted by atomic mass is 19.4. The van der Waals surface area contributed by atoms with Crippen LogP contribution in [-0.2, 0) is 6.18 Å². The van der Waals surface area contributed by atoms with E-state index in [1.807, 2.05) is 27.7 Å². The molecule has 0 aliphatic heterocycles. The fourth-order valence-corrected chi connectivity index (χ4v) is 1.96. The predicted molar refractivity (Wildman–Crippen MR) is 73.4 cm³/mol. The van der Waals surface area contributed by atoms with Crippen LogP contribution in [0.25, 0.3) is 0 Å². The molecule has 1 aromatic carbocycles. The van der Waals surface area contributed by atoms with Crippen molar-refractivity contribution < 1.29 is 18.3 Å². The molecule has 20 heavy (non-hydrogen) atoms. The second-order valence-corrected chi connectivity index (χ2v) is 5.74. The molecule has 0 aliphatic carbocycles. The second kappa shape index (κ2) is 6.14. The van der Waals surface area contributed by atoms with Crippen LogP contribution >= 0.6 is 0 Å². The molecule has 0 bridgehead atoms. The fourth-order valence-electron chi connectivity index (χ4n) is 1.96. The summed E-state index contributed by atoms with van der Waals surface area (Å²) < 4.78 is 37.4. The zero-order valence-corrected chi connectivity index (χ0v) is 12.3. The second-order valence-electron chi connectivity index (χ2n) is 5.74. The summed E-state index contributed by atoms with van der Waals surface area (Å²) in [6, 6.07) is 4.39. The van der Waals surface area contributed by atoms with Crippen molar-refractivity contribution in [2.75, 3.05) is 0 Å². The van der Waals surface area contributed by atoms with E-state index >= 15 is 0 Å². The Bertz CT molecular complexity index is 426. The van der Waals surface area contributed by atoms with Gasteiger partial charge in [0.1, 0.15) is 0 Å². The molecule has 5 heteroatoms. The van der Waals surface area contributed by atoms with E-state index in [0.29, 0.717) is 5.56 Å². The molecule has 0 saturated heterocycles. The average Bonchev–Trinajstić information content (AvgIpc) is 2.36. The van der Waals surface area contributed by atoms with Gasteiger partial charge in [-0.25, -0.2) is 0 Å². The van der Waals surface area contributed by atoms with Gasteiger partial charge in [-0.2, -0.15) is 13.2 Å². The first-order valence-corrected chi connectivity index (χ1v) is 6.70. The molecule has 1 rings (SSSR count). The van der Waals surface area contributed by atoms with Crippen LogP contribution in [0.3, 0.4) is 0 Å². The van der Waals surface area contributed by atoms with Crippen LogP contribution in [0, 0.1) is 0 Å². The Balaban J connectivity index is 2.80. The summed E-state index contributed by atoms with van der Waals surface area (Å²) in [5.74, 6) is 0. The largest absolute Gasteiger partial charge is 0.416 e. The molecular weight excluding hydrogens is 267 g/mol. The molecule has 0 spiro atoms. The summed E-state index contributed by atoms with van der Waals surface area (Å²) in [4.78, 5) is 0. The number of aliphatic hydroxyl groups is 1. The van der Waals surface area contributed by atoms with Crippen LogP contribution in [0.2, 0.25) is 0 Å². The van der Waals surface area contributed by atoms with Crippen molar-refractivity contribution in [1.29, 1.82) is 0 Å². The summed E-state index contributed by atoms with van der Waals surface area (Å²) in [6.45, 7) is 7.88. The van der Waals surface area contributed by atoms with Gasteiger partial charge in [0.05, 0.1) is 11.7 Å². The highest BCUT2D eigenvalue weighted by molar-refractivity contribution is 5.26. The third-order valence-corrected chi connectivity index (χ3v) is 3.56. The van der Waals surface area contributed by atoms with Crippen LogP contribution < -0.4 is 5.32 Å². The fraction of sp³-hybridized carbons (Fsp3) is 0.600. The lowest BCUT2D eigenvalue weighted by atomic mass is 9.96. The van der Waals surface area contributed by atoms with Crippen molar-refractivity contribution in [2.24, 2.45) is 0 Å². The average molecular weight is 289 g/mol. The smallest absolute Gasteiger partial charge is 0.387 e. The van der Waals surface area contributed by atoms with E-state index in [1.165, 1.54) is 12.1 Å². The Morgan fingerprint density at radius 1 is 1.15 bits per heavy atom. The zero-order chi connectivity index (χ0) is 15.6. The summed E-state index contributed by atoms with van der Waals surface area (Å²) in [7, 11) is 0. The number of hydrogen-bond acceptors (Lipinski definition) is 2. The maximum absolute atomic E-state index is 12.5. The Kier molecular flexibility index (Phi) is 5.21. The summed E-state index contributed by atoms with van der Waals surface area (Å²) in [6.07, 6.45) is -4.31. The van der Waals surface area contributed by atoms with Gasteiger partial charge in [0, 0.05) is 11.6 Å². The molecule has 0 radical (unpaired) electrons. The number of benzene rings is 1. The lowest BCUT2D eigenvalue weighted by Crippen LogP contribution is -2.46. The SMILES string of the molecule is CCC(C)(C)N[C@@H](C)[C@@H](O)c1ccc(C(F)(F)F)cc1. The van der Waals surface area contributed by atoms with Gasteiger partial charge in [0.25, 0.3) is 0 Å². The first-order valence-electron chi connectivity index (χ1n) is 6.70. The molecule has 0 unspecified atom stereocenters. The maximum atomic E-state index is 12.5. The van der Waals surface area contributed by atoms with Gasteiger partial charge in [-0.3, -0.25) is 0 Å². The molecule has 114 valence electrons. The maximum Gasteiger partial charge on any atom is 0.416 e. The molecule has 0 fully saturated rings. The molecule has 2 nitrogen and oxygen atoms in total. The lowest BCUT2D eigenvalue weighted by molar-refractivity contribution is -0.137. The van der Waals surface area contributed by atoms with Crippen LogP contribution in [-0.4, -0.2) is 16.7 Å². The highest BCUT2D eigenvalue weighted by Crippen LogP contribution is 2.30. The summed E-state index contributed by atoms with van der Waals surface area (Å²) in [5.41, 5.74) is -0.361. The van der Waals surface area contributed by atoms with E-state index in [4.69, 9.17) is 0 Å². The molecule has 0 amide bonds. The van der Waals surface area contributed by atoms with E-state index in [2.05, 4.69) is 5.32 Å². The Hall–Kier alpha value is -1.07. The molecule has 1 aromatic rings. The van der Waals surface area contributed by atoms with Crippen LogP contribution in [0.1, 0.15) is 51.3 Å². The zero-order valence-electron chi connectivity index (χ0n) is 12.3.